The molecule has 0 aliphatic heterocycles. The van der Waals surface area contributed by atoms with Crippen molar-refractivity contribution in [1.29, 1.82) is 0 Å². The number of primary amides is 1. The second kappa shape index (κ2) is 9.89. The molecule has 1 aliphatic rings. The number of hydrogen-bond donors (Lipinski definition) is 2. The Morgan fingerprint density at radius 1 is 1.19 bits per heavy atom. The smallest absolute Gasteiger partial charge is 0.255 e. The molecular formula is C21H22Cl2N2O5S. The van der Waals surface area contributed by atoms with Gasteiger partial charge in [0.1, 0.15) is 4.33 Å². The van der Waals surface area contributed by atoms with Crippen LogP contribution in [0, 0.1) is 5.92 Å². The van der Waals surface area contributed by atoms with E-state index >= 15 is 0 Å². The minimum absolute atomic E-state index is 0.186. The normalized spacial score (nSPS) is 16.3. The quantitative estimate of drug-likeness (QED) is 0.388. The number of carbonyl (C=O) groups is 2. The number of rotatable bonds is 10. The zero-order chi connectivity index (χ0) is 22.6. The first-order valence-electron chi connectivity index (χ1n) is 9.33. The van der Waals surface area contributed by atoms with Crippen molar-refractivity contribution < 1.29 is 23.8 Å². The van der Waals surface area contributed by atoms with E-state index in [-0.39, 0.29) is 35.7 Å². The zero-order valence-electron chi connectivity index (χ0n) is 16.9. The number of halogens is 2. The lowest BCUT2D eigenvalue weighted by molar-refractivity contribution is -0.120. The third-order valence-corrected chi connectivity index (χ3v) is 6.77. The number of nitrogens with one attached hydrogen (secondary N) is 1. The van der Waals surface area contributed by atoms with Crippen molar-refractivity contribution in [2.75, 3.05) is 31.9 Å². The minimum atomic E-state index is -0.646. The summed E-state index contributed by atoms with van der Waals surface area (Å²) in [6, 6.07) is 10.5. The van der Waals surface area contributed by atoms with Crippen LogP contribution in [0.1, 0.15) is 16.8 Å². The SMILES string of the molecule is COc1cc(C(=O)Nc2ccccc2SC[C@H]2CC2(Cl)Cl)cc(OC)c1OCC(N)=O. The Labute approximate surface area is 194 Å². The van der Waals surface area contributed by atoms with Gasteiger partial charge in [-0.15, -0.1) is 35.0 Å². The lowest BCUT2D eigenvalue weighted by Gasteiger charge is -2.16. The molecule has 0 aromatic heterocycles. The van der Waals surface area contributed by atoms with E-state index < -0.39 is 10.2 Å². The van der Waals surface area contributed by atoms with Crippen LogP contribution in [-0.4, -0.2) is 42.7 Å². The second-order valence-electron chi connectivity index (χ2n) is 6.89. The molecule has 7 nitrogen and oxygen atoms in total. The summed E-state index contributed by atoms with van der Waals surface area (Å²) in [6.07, 6.45) is 0.765. The van der Waals surface area contributed by atoms with Gasteiger partial charge in [0, 0.05) is 22.1 Å². The molecule has 0 heterocycles. The standard InChI is InChI=1S/C21H22Cl2N2O5S/c1-28-15-7-12(8-16(29-2)19(15)30-10-18(24)26)20(27)25-14-5-3-4-6-17(14)31-11-13-9-21(13,22)23/h3-8,13H,9-11H2,1-2H3,(H2,24,26)(H,25,27)/t13-/m1/s1. The summed E-state index contributed by atoms with van der Waals surface area (Å²) in [5.41, 5.74) is 6.10. The number of carbonyl (C=O) groups excluding carboxylic acids is 2. The minimum Gasteiger partial charge on any atom is -0.493 e. The average molecular weight is 485 g/mol. The average Bonchev–Trinajstić information content (AvgIpc) is 3.36. The highest BCUT2D eigenvalue weighted by atomic mass is 35.5. The molecule has 2 aromatic rings. The molecule has 0 bridgehead atoms. The van der Waals surface area contributed by atoms with Gasteiger partial charge in [-0.2, -0.15) is 0 Å². The molecule has 3 N–H and O–H groups in total. The van der Waals surface area contributed by atoms with Gasteiger partial charge in [0.2, 0.25) is 5.75 Å². The number of alkyl halides is 2. The van der Waals surface area contributed by atoms with Crippen LogP contribution >= 0.6 is 35.0 Å². The molecule has 1 aliphatic carbocycles. The number of nitrogens with two attached hydrogens (primary N) is 1. The number of hydrogen-bond acceptors (Lipinski definition) is 6. The first-order chi connectivity index (χ1) is 14.7. The van der Waals surface area contributed by atoms with Crippen LogP contribution in [0.25, 0.3) is 0 Å². The largest absolute Gasteiger partial charge is 0.493 e. The monoisotopic (exact) mass is 484 g/mol. The predicted octanol–water partition coefficient (Wildman–Crippen LogP) is 4.11. The molecule has 31 heavy (non-hydrogen) atoms. The number of para-hydroxylation sites is 1. The Bertz CT molecular complexity index is 961. The van der Waals surface area contributed by atoms with Gasteiger partial charge >= 0.3 is 0 Å². The number of thioether (sulfide) groups is 1. The van der Waals surface area contributed by atoms with E-state index in [1.54, 1.807) is 11.8 Å². The van der Waals surface area contributed by atoms with Crippen LogP contribution in [0.2, 0.25) is 0 Å². The third-order valence-electron chi connectivity index (χ3n) is 4.61. The third kappa shape index (κ3) is 5.90. The molecular weight excluding hydrogens is 463 g/mol. The fourth-order valence-electron chi connectivity index (χ4n) is 2.83. The van der Waals surface area contributed by atoms with E-state index in [0.717, 1.165) is 17.1 Å². The van der Waals surface area contributed by atoms with Crippen molar-refractivity contribution >= 4 is 52.5 Å². The van der Waals surface area contributed by atoms with Crippen molar-refractivity contribution in [2.45, 2.75) is 15.6 Å². The van der Waals surface area contributed by atoms with Crippen molar-refractivity contribution in [3.8, 4) is 17.2 Å². The molecule has 0 unspecified atom stereocenters. The molecule has 2 aromatic carbocycles. The number of ether oxygens (including phenoxy) is 3. The van der Waals surface area contributed by atoms with E-state index in [4.69, 9.17) is 43.1 Å². The van der Waals surface area contributed by atoms with E-state index in [2.05, 4.69) is 5.32 Å². The first-order valence-corrected chi connectivity index (χ1v) is 11.1. The van der Waals surface area contributed by atoms with Gasteiger partial charge in [-0.1, -0.05) is 12.1 Å². The summed E-state index contributed by atoms with van der Waals surface area (Å²) in [5.74, 6) is 0.643. The van der Waals surface area contributed by atoms with Crippen LogP contribution < -0.4 is 25.3 Å². The summed E-state index contributed by atoms with van der Waals surface area (Å²) >= 11 is 13.8. The van der Waals surface area contributed by atoms with E-state index in [9.17, 15) is 9.59 Å². The summed E-state index contributed by atoms with van der Waals surface area (Å²) < 4.78 is 15.4. The topological polar surface area (TPSA) is 99.9 Å². The van der Waals surface area contributed by atoms with Crippen LogP contribution in [-0.2, 0) is 4.79 Å². The molecule has 1 atom stereocenters. The van der Waals surface area contributed by atoms with Crippen molar-refractivity contribution in [3.05, 3.63) is 42.0 Å². The Morgan fingerprint density at radius 3 is 2.35 bits per heavy atom. The molecule has 0 saturated heterocycles. The molecule has 2 amide bonds. The molecule has 166 valence electrons. The maximum atomic E-state index is 12.9. The van der Waals surface area contributed by atoms with Crippen LogP contribution in [0.3, 0.4) is 0 Å². The zero-order valence-corrected chi connectivity index (χ0v) is 19.3. The van der Waals surface area contributed by atoms with Crippen LogP contribution in [0.5, 0.6) is 17.2 Å². The summed E-state index contributed by atoms with van der Waals surface area (Å²) in [4.78, 5) is 24.9. The lowest BCUT2D eigenvalue weighted by atomic mass is 10.1. The highest BCUT2D eigenvalue weighted by molar-refractivity contribution is 7.99. The predicted molar refractivity (Wildman–Crippen MR) is 122 cm³/mol. The van der Waals surface area contributed by atoms with Gasteiger partial charge in [-0.25, -0.2) is 0 Å². The summed E-state index contributed by atoms with van der Waals surface area (Å²) in [7, 11) is 2.84. The Hall–Kier alpha value is -2.29. The Kier molecular flexibility index (Phi) is 7.46. The van der Waals surface area contributed by atoms with Gasteiger partial charge in [-0.3, -0.25) is 9.59 Å². The van der Waals surface area contributed by atoms with Gasteiger partial charge in [0.05, 0.1) is 19.9 Å². The highest BCUT2D eigenvalue weighted by Crippen LogP contribution is 2.55. The van der Waals surface area contributed by atoms with Crippen molar-refractivity contribution in [2.24, 2.45) is 11.7 Å². The van der Waals surface area contributed by atoms with Crippen molar-refractivity contribution in [1.82, 2.24) is 0 Å². The molecule has 10 heteroatoms. The van der Waals surface area contributed by atoms with Gasteiger partial charge in [0.15, 0.2) is 18.1 Å². The van der Waals surface area contributed by atoms with Gasteiger partial charge < -0.3 is 25.3 Å². The maximum Gasteiger partial charge on any atom is 0.255 e. The number of benzene rings is 2. The number of amides is 2. The summed E-state index contributed by atoms with van der Waals surface area (Å²) in [5, 5.41) is 2.91. The van der Waals surface area contributed by atoms with E-state index in [1.165, 1.54) is 26.4 Å². The Morgan fingerprint density at radius 2 is 1.81 bits per heavy atom. The fraction of sp³-hybridized carbons (Fsp3) is 0.333. The second-order valence-corrected chi connectivity index (χ2v) is 9.49. The molecule has 1 fully saturated rings. The van der Waals surface area contributed by atoms with Gasteiger partial charge in [0.25, 0.3) is 11.8 Å². The fourth-order valence-corrected chi connectivity index (χ4v) is 4.77. The molecule has 0 spiro atoms. The molecule has 3 rings (SSSR count). The van der Waals surface area contributed by atoms with E-state index in [1.807, 2.05) is 24.3 Å². The molecule has 0 radical (unpaired) electrons. The van der Waals surface area contributed by atoms with Crippen molar-refractivity contribution in [3.63, 3.8) is 0 Å². The van der Waals surface area contributed by atoms with E-state index in [0.29, 0.717) is 11.3 Å². The van der Waals surface area contributed by atoms with Gasteiger partial charge in [-0.05, 0) is 30.7 Å². The maximum absolute atomic E-state index is 12.9. The number of anilines is 1. The van der Waals surface area contributed by atoms with Crippen LogP contribution in [0.4, 0.5) is 5.69 Å². The van der Waals surface area contributed by atoms with Crippen LogP contribution in [0.15, 0.2) is 41.3 Å². The Balaban J connectivity index is 1.78. The molecule has 1 saturated carbocycles. The lowest BCUT2D eigenvalue weighted by Crippen LogP contribution is -2.20. The summed E-state index contributed by atoms with van der Waals surface area (Å²) in [6.45, 7) is -0.351. The number of methoxy groups -OCH3 is 2. The first kappa shape index (κ1) is 23.4. The highest BCUT2D eigenvalue weighted by Gasteiger charge is 2.51.